The number of hydrogen-bond donors (Lipinski definition) is 1. The van der Waals surface area contributed by atoms with Crippen molar-refractivity contribution in [2.24, 2.45) is 0 Å². The summed E-state index contributed by atoms with van der Waals surface area (Å²) in [5.74, 6) is 0. The molecule has 112 valence electrons. The van der Waals surface area contributed by atoms with Crippen LogP contribution in [0.25, 0.3) is 0 Å². The molecular formula is C14H19F3N2S. The maximum absolute atomic E-state index is 12.5. The third-order valence-corrected chi connectivity index (χ3v) is 4.85. The van der Waals surface area contributed by atoms with Crippen LogP contribution >= 0.6 is 11.8 Å². The van der Waals surface area contributed by atoms with Gasteiger partial charge in [0.15, 0.2) is 0 Å². The molecule has 0 aliphatic heterocycles. The number of nitrogens with zero attached hydrogens (tertiary/aromatic N) is 1. The number of pyridine rings is 1. The standard InChI is InChI=1S/C14H19F3N2S/c1-2-18-11-5-3-4-6-12(11)20-13-8-7-10(9-19-13)14(15,16)17/h7-9,11-12,18H,2-6H2,1H3. The first-order valence-electron chi connectivity index (χ1n) is 6.94. The van der Waals surface area contributed by atoms with E-state index in [2.05, 4.69) is 17.2 Å². The molecule has 6 heteroatoms. The summed E-state index contributed by atoms with van der Waals surface area (Å²) < 4.78 is 37.5. The summed E-state index contributed by atoms with van der Waals surface area (Å²) in [4.78, 5) is 3.95. The third kappa shape index (κ3) is 4.12. The van der Waals surface area contributed by atoms with E-state index in [0.29, 0.717) is 16.3 Å². The fourth-order valence-corrected chi connectivity index (χ4v) is 3.76. The Morgan fingerprint density at radius 1 is 1.30 bits per heavy atom. The lowest BCUT2D eigenvalue weighted by Gasteiger charge is -2.31. The Morgan fingerprint density at radius 3 is 2.65 bits per heavy atom. The van der Waals surface area contributed by atoms with Crippen molar-refractivity contribution < 1.29 is 13.2 Å². The van der Waals surface area contributed by atoms with E-state index >= 15 is 0 Å². The molecule has 0 radical (unpaired) electrons. The zero-order valence-corrected chi connectivity index (χ0v) is 12.2. The molecule has 1 aliphatic carbocycles. The molecule has 1 N–H and O–H groups in total. The zero-order valence-electron chi connectivity index (χ0n) is 11.4. The lowest BCUT2D eigenvalue weighted by Crippen LogP contribution is -2.40. The van der Waals surface area contributed by atoms with Crippen LogP contribution in [0.1, 0.15) is 38.2 Å². The summed E-state index contributed by atoms with van der Waals surface area (Å²) >= 11 is 1.59. The molecule has 2 atom stereocenters. The average molecular weight is 304 g/mol. The second-order valence-corrected chi connectivity index (χ2v) is 6.25. The Bertz CT molecular complexity index is 417. The fraction of sp³-hybridized carbons (Fsp3) is 0.643. The Kier molecular flexibility index (Phi) is 5.32. The van der Waals surface area contributed by atoms with Crippen LogP contribution in [0.3, 0.4) is 0 Å². The van der Waals surface area contributed by atoms with Gasteiger partial charge in [-0.1, -0.05) is 19.8 Å². The maximum Gasteiger partial charge on any atom is 0.417 e. The van der Waals surface area contributed by atoms with Gasteiger partial charge in [-0.25, -0.2) is 4.98 Å². The molecule has 2 rings (SSSR count). The highest BCUT2D eigenvalue weighted by Gasteiger charge is 2.31. The van der Waals surface area contributed by atoms with Crippen LogP contribution in [0.5, 0.6) is 0 Å². The quantitative estimate of drug-likeness (QED) is 0.906. The molecule has 0 amide bonds. The molecule has 2 unspecified atom stereocenters. The van der Waals surface area contributed by atoms with Gasteiger partial charge in [0.1, 0.15) is 0 Å². The zero-order chi connectivity index (χ0) is 14.6. The molecule has 1 aliphatic rings. The molecule has 20 heavy (non-hydrogen) atoms. The van der Waals surface area contributed by atoms with E-state index in [9.17, 15) is 13.2 Å². The molecule has 0 spiro atoms. The van der Waals surface area contributed by atoms with Crippen molar-refractivity contribution in [3.8, 4) is 0 Å². The van der Waals surface area contributed by atoms with E-state index in [1.165, 1.54) is 18.9 Å². The Balaban J connectivity index is 2.01. The molecule has 0 aromatic carbocycles. The van der Waals surface area contributed by atoms with E-state index < -0.39 is 11.7 Å². The Labute approximate surface area is 121 Å². The summed E-state index contributed by atoms with van der Waals surface area (Å²) in [7, 11) is 0. The smallest absolute Gasteiger partial charge is 0.313 e. The van der Waals surface area contributed by atoms with Gasteiger partial charge >= 0.3 is 6.18 Å². The molecule has 2 nitrogen and oxygen atoms in total. The Morgan fingerprint density at radius 2 is 2.05 bits per heavy atom. The first-order valence-corrected chi connectivity index (χ1v) is 7.82. The monoisotopic (exact) mass is 304 g/mol. The van der Waals surface area contributed by atoms with E-state index in [1.54, 1.807) is 11.8 Å². The van der Waals surface area contributed by atoms with Crippen LogP contribution in [-0.2, 0) is 6.18 Å². The second kappa shape index (κ2) is 6.80. The van der Waals surface area contributed by atoms with E-state index in [-0.39, 0.29) is 0 Å². The predicted molar refractivity (Wildman–Crippen MR) is 74.8 cm³/mol. The number of halogens is 3. The van der Waals surface area contributed by atoms with Crippen molar-refractivity contribution >= 4 is 11.8 Å². The number of hydrogen-bond acceptors (Lipinski definition) is 3. The SMILES string of the molecule is CCNC1CCCCC1Sc1ccc(C(F)(F)F)cn1. The van der Waals surface area contributed by atoms with Gasteiger partial charge in [0.05, 0.1) is 10.6 Å². The highest BCUT2D eigenvalue weighted by Crippen LogP contribution is 2.34. The fourth-order valence-electron chi connectivity index (χ4n) is 2.51. The van der Waals surface area contributed by atoms with Crippen molar-refractivity contribution in [2.45, 2.75) is 55.1 Å². The average Bonchev–Trinajstić information content (AvgIpc) is 2.41. The van der Waals surface area contributed by atoms with Crippen molar-refractivity contribution in [1.29, 1.82) is 0 Å². The lowest BCUT2D eigenvalue weighted by molar-refractivity contribution is -0.137. The number of rotatable bonds is 4. The molecule has 1 aromatic heterocycles. The van der Waals surface area contributed by atoms with Crippen LogP contribution in [0.15, 0.2) is 23.4 Å². The lowest BCUT2D eigenvalue weighted by atomic mass is 9.95. The predicted octanol–water partition coefficient (Wildman–Crippen LogP) is 4.11. The van der Waals surface area contributed by atoms with Crippen molar-refractivity contribution in [2.75, 3.05) is 6.54 Å². The molecule has 0 saturated heterocycles. The molecular weight excluding hydrogens is 285 g/mol. The largest absolute Gasteiger partial charge is 0.417 e. The van der Waals surface area contributed by atoms with Crippen LogP contribution in [0, 0.1) is 0 Å². The highest BCUT2D eigenvalue weighted by atomic mass is 32.2. The number of nitrogens with one attached hydrogen (secondary N) is 1. The second-order valence-electron chi connectivity index (χ2n) is 4.99. The minimum absolute atomic E-state index is 0.396. The van der Waals surface area contributed by atoms with Gasteiger partial charge in [-0.2, -0.15) is 13.2 Å². The normalized spacial score (nSPS) is 23.8. The minimum Gasteiger partial charge on any atom is -0.313 e. The van der Waals surface area contributed by atoms with E-state index in [0.717, 1.165) is 31.6 Å². The highest BCUT2D eigenvalue weighted by molar-refractivity contribution is 7.99. The number of aromatic nitrogens is 1. The molecule has 1 saturated carbocycles. The summed E-state index contributed by atoms with van der Waals surface area (Å²) in [5.41, 5.74) is -0.686. The molecule has 1 heterocycles. The number of alkyl halides is 3. The van der Waals surface area contributed by atoms with Gasteiger partial charge in [0.25, 0.3) is 0 Å². The van der Waals surface area contributed by atoms with Crippen molar-refractivity contribution in [1.82, 2.24) is 10.3 Å². The van der Waals surface area contributed by atoms with Crippen LogP contribution < -0.4 is 5.32 Å². The maximum atomic E-state index is 12.5. The van der Waals surface area contributed by atoms with Gasteiger partial charge < -0.3 is 5.32 Å². The van der Waals surface area contributed by atoms with Crippen molar-refractivity contribution in [3.63, 3.8) is 0 Å². The Hall–Kier alpha value is -0.750. The third-order valence-electron chi connectivity index (χ3n) is 3.50. The topological polar surface area (TPSA) is 24.9 Å². The summed E-state index contributed by atoms with van der Waals surface area (Å²) in [6.07, 6.45) is 1.23. The van der Waals surface area contributed by atoms with Gasteiger partial charge in [0.2, 0.25) is 0 Å². The summed E-state index contributed by atoms with van der Waals surface area (Å²) in [6.45, 7) is 2.99. The van der Waals surface area contributed by atoms with Crippen molar-refractivity contribution in [3.05, 3.63) is 23.9 Å². The minimum atomic E-state index is -4.31. The van der Waals surface area contributed by atoms with Gasteiger partial charge in [-0.3, -0.25) is 0 Å². The number of thioether (sulfide) groups is 1. The van der Waals surface area contributed by atoms with Gasteiger partial charge in [-0.05, 0) is 31.5 Å². The first kappa shape index (κ1) is 15.6. The van der Waals surface area contributed by atoms with Crippen LogP contribution in [0.4, 0.5) is 13.2 Å². The van der Waals surface area contributed by atoms with E-state index in [4.69, 9.17) is 0 Å². The van der Waals surface area contributed by atoms with Gasteiger partial charge in [0, 0.05) is 17.5 Å². The van der Waals surface area contributed by atoms with Gasteiger partial charge in [-0.15, -0.1) is 11.8 Å². The summed E-state index contributed by atoms with van der Waals surface area (Å²) in [5, 5.41) is 4.53. The van der Waals surface area contributed by atoms with Crippen LogP contribution in [0.2, 0.25) is 0 Å². The first-order chi connectivity index (χ1) is 9.50. The molecule has 0 bridgehead atoms. The summed E-state index contributed by atoms with van der Waals surface area (Å²) in [6, 6.07) is 3.02. The molecule has 1 aromatic rings. The van der Waals surface area contributed by atoms with Crippen LogP contribution in [-0.4, -0.2) is 22.8 Å². The van der Waals surface area contributed by atoms with E-state index in [1.807, 2.05) is 0 Å². The molecule has 1 fully saturated rings.